The van der Waals surface area contributed by atoms with Crippen LogP contribution in [0.25, 0.3) is 0 Å². The first-order valence-corrected chi connectivity index (χ1v) is 4.33. The number of amides is 2. The van der Waals surface area contributed by atoms with Gasteiger partial charge in [-0.2, -0.15) is 0 Å². The molecule has 3 N–H and O–H groups in total. The number of urea groups is 1. The van der Waals surface area contributed by atoms with Crippen molar-refractivity contribution in [2.24, 2.45) is 5.73 Å². The highest BCUT2D eigenvalue weighted by atomic mass is 16.3. The molecule has 0 saturated heterocycles. The van der Waals surface area contributed by atoms with Crippen molar-refractivity contribution < 1.29 is 9.90 Å². The monoisotopic (exact) mass is 194 g/mol. The second-order valence-corrected chi connectivity index (χ2v) is 3.16. The fourth-order valence-electron chi connectivity index (χ4n) is 1.10. The normalized spacial score (nSPS) is 12.2. The molecule has 4 heteroatoms. The summed E-state index contributed by atoms with van der Waals surface area (Å²) in [6.45, 7) is 1.69. The van der Waals surface area contributed by atoms with Gasteiger partial charge in [-0.05, 0) is 24.6 Å². The van der Waals surface area contributed by atoms with Crippen LogP contribution in [0.4, 0.5) is 10.5 Å². The summed E-state index contributed by atoms with van der Waals surface area (Å²) in [6, 6.07) is 6.51. The fourth-order valence-corrected chi connectivity index (χ4v) is 1.10. The maximum Gasteiger partial charge on any atom is 0.318 e. The van der Waals surface area contributed by atoms with Gasteiger partial charge >= 0.3 is 6.03 Å². The summed E-state index contributed by atoms with van der Waals surface area (Å²) in [7, 11) is 1.60. The van der Waals surface area contributed by atoms with Gasteiger partial charge in [-0.15, -0.1) is 0 Å². The minimum atomic E-state index is -0.505. The van der Waals surface area contributed by atoms with E-state index in [-0.39, 0.29) is 0 Å². The Labute approximate surface area is 82.9 Å². The lowest BCUT2D eigenvalue weighted by Gasteiger charge is -2.14. The molecule has 0 heterocycles. The first-order valence-electron chi connectivity index (χ1n) is 4.33. The quantitative estimate of drug-likeness (QED) is 0.744. The van der Waals surface area contributed by atoms with Crippen LogP contribution in [0, 0.1) is 0 Å². The second-order valence-electron chi connectivity index (χ2n) is 3.16. The summed E-state index contributed by atoms with van der Waals surface area (Å²) in [5.41, 5.74) is 6.63. The minimum Gasteiger partial charge on any atom is -0.389 e. The molecule has 0 bridgehead atoms. The Hall–Kier alpha value is -1.55. The van der Waals surface area contributed by atoms with E-state index in [0.717, 1.165) is 5.56 Å². The van der Waals surface area contributed by atoms with E-state index in [1.54, 1.807) is 38.2 Å². The van der Waals surface area contributed by atoms with E-state index in [0.29, 0.717) is 5.69 Å². The Balaban J connectivity index is 2.88. The van der Waals surface area contributed by atoms with E-state index in [1.807, 2.05) is 0 Å². The molecule has 0 fully saturated rings. The van der Waals surface area contributed by atoms with Crippen LogP contribution in [-0.2, 0) is 0 Å². The third-order valence-electron chi connectivity index (χ3n) is 2.09. The van der Waals surface area contributed by atoms with Gasteiger partial charge in [0.2, 0.25) is 0 Å². The summed E-state index contributed by atoms with van der Waals surface area (Å²) >= 11 is 0. The number of benzene rings is 1. The lowest BCUT2D eigenvalue weighted by molar-refractivity contribution is 0.199. The smallest absolute Gasteiger partial charge is 0.318 e. The number of primary amides is 1. The van der Waals surface area contributed by atoms with Crippen molar-refractivity contribution in [2.75, 3.05) is 11.9 Å². The van der Waals surface area contributed by atoms with Crippen molar-refractivity contribution >= 4 is 11.7 Å². The molecular weight excluding hydrogens is 180 g/mol. The molecule has 0 aliphatic heterocycles. The predicted octanol–water partition coefficient (Wildman–Crippen LogP) is 1.25. The Morgan fingerprint density at radius 1 is 1.43 bits per heavy atom. The average molecular weight is 194 g/mol. The number of aliphatic hydroxyl groups excluding tert-OH is 1. The number of hydrogen-bond donors (Lipinski definition) is 2. The Morgan fingerprint density at radius 2 is 1.93 bits per heavy atom. The van der Waals surface area contributed by atoms with E-state index in [1.165, 1.54) is 4.90 Å². The molecular formula is C10H14N2O2. The zero-order valence-electron chi connectivity index (χ0n) is 8.27. The van der Waals surface area contributed by atoms with Crippen molar-refractivity contribution in [3.05, 3.63) is 29.8 Å². The predicted molar refractivity (Wildman–Crippen MR) is 55.1 cm³/mol. The maximum absolute atomic E-state index is 10.8. The topological polar surface area (TPSA) is 66.6 Å². The van der Waals surface area contributed by atoms with Gasteiger partial charge in [-0.3, -0.25) is 4.90 Å². The van der Waals surface area contributed by atoms with Gasteiger partial charge in [0.1, 0.15) is 0 Å². The lowest BCUT2D eigenvalue weighted by Crippen LogP contribution is -2.31. The molecule has 1 aromatic rings. The Kier molecular flexibility index (Phi) is 3.09. The summed E-state index contributed by atoms with van der Waals surface area (Å²) in [4.78, 5) is 12.2. The molecule has 0 aromatic heterocycles. The first-order chi connectivity index (χ1) is 6.52. The van der Waals surface area contributed by atoms with Crippen molar-refractivity contribution in [3.8, 4) is 0 Å². The Bertz CT molecular complexity index is 319. The van der Waals surface area contributed by atoms with Crippen LogP contribution in [-0.4, -0.2) is 18.2 Å². The van der Waals surface area contributed by atoms with Gasteiger partial charge in [0.25, 0.3) is 0 Å². The Morgan fingerprint density at radius 3 is 2.29 bits per heavy atom. The van der Waals surface area contributed by atoms with Gasteiger partial charge in [0, 0.05) is 12.7 Å². The minimum absolute atomic E-state index is 0.497. The molecule has 1 aromatic carbocycles. The molecule has 1 unspecified atom stereocenters. The molecule has 0 saturated carbocycles. The molecule has 4 nitrogen and oxygen atoms in total. The maximum atomic E-state index is 10.8. The van der Waals surface area contributed by atoms with Gasteiger partial charge in [0.15, 0.2) is 0 Å². The molecule has 1 atom stereocenters. The zero-order valence-corrected chi connectivity index (χ0v) is 8.27. The molecule has 0 spiro atoms. The second kappa shape index (κ2) is 4.11. The van der Waals surface area contributed by atoms with Gasteiger partial charge in [-0.25, -0.2) is 4.79 Å². The van der Waals surface area contributed by atoms with Crippen LogP contribution in [0.5, 0.6) is 0 Å². The highest BCUT2D eigenvalue weighted by Gasteiger charge is 2.06. The molecule has 0 aliphatic carbocycles. The number of carbonyl (C=O) groups excluding carboxylic acids is 1. The van der Waals surface area contributed by atoms with Crippen LogP contribution in [0.1, 0.15) is 18.6 Å². The molecule has 0 radical (unpaired) electrons. The summed E-state index contributed by atoms with van der Waals surface area (Å²) in [5.74, 6) is 0. The summed E-state index contributed by atoms with van der Waals surface area (Å²) in [5, 5.41) is 9.26. The van der Waals surface area contributed by atoms with Crippen LogP contribution in [0.15, 0.2) is 24.3 Å². The van der Waals surface area contributed by atoms with Gasteiger partial charge in [0.05, 0.1) is 6.10 Å². The van der Waals surface area contributed by atoms with Crippen molar-refractivity contribution in [2.45, 2.75) is 13.0 Å². The number of carbonyl (C=O) groups is 1. The van der Waals surface area contributed by atoms with Crippen LogP contribution in [0.2, 0.25) is 0 Å². The fraction of sp³-hybridized carbons (Fsp3) is 0.300. The van der Waals surface area contributed by atoms with Crippen LogP contribution >= 0.6 is 0 Å². The number of nitrogens with two attached hydrogens (primary N) is 1. The average Bonchev–Trinajstić information content (AvgIpc) is 2.16. The van der Waals surface area contributed by atoms with Crippen molar-refractivity contribution in [1.82, 2.24) is 0 Å². The third-order valence-corrected chi connectivity index (χ3v) is 2.09. The van der Waals surface area contributed by atoms with Crippen molar-refractivity contribution in [1.29, 1.82) is 0 Å². The van der Waals surface area contributed by atoms with Crippen LogP contribution in [0.3, 0.4) is 0 Å². The molecule has 76 valence electrons. The standard InChI is InChI=1S/C10H14N2O2/c1-7(13)8-3-5-9(6-4-8)12(2)10(11)14/h3-7,13H,1-2H3,(H2,11,14). The van der Waals surface area contributed by atoms with E-state index in [4.69, 9.17) is 5.73 Å². The number of nitrogens with zero attached hydrogens (tertiary/aromatic N) is 1. The zero-order chi connectivity index (χ0) is 10.7. The van der Waals surface area contributed by atoms with E-state index in [9.17, 15) is 9.90 Å². The van der Waals surface area contributed by atoms with Crippen molar-refractivity contribution in [3.63, 3.8) is 0 Å². The number of rotatable bonds is 2. The van der Waals surface area contributed by atoms with E-state index >= 15 is 0 Å². The number of hydrogen-bond acceptors (Lipinski definition) is 2. The largest absolute Gasteiger partial charge is 0.389 e. The molecule has 14 heavy (non-hydrogen) atoms. The molecule has 0 aliphatic rings. The summed E-state index contributed by atoms with van der Waals surface area (Å²) < 4.78 is 0. The highest BCUT2D eigenvalue weighted by Crippen LogP contribution is 2.17. The molecule has 1 rings (SSSR count). The van der Waals surface area contributed by atoms with E-state index < -0.39 is 12.1 Å². The van der Waals surface area contributed by atoms with Gasteiger partial charge in [-0.1, -0.05) is 12.1 Å². The first kappa shape index (κ1) is 10.5. The highest BCUT2D eigenvalue weighted by molar-refractivity contribution is 5.89. The summed E-state index contributed by atoms with van der Waals surface area (Å²) in [6.07, 6.45) is -0.497. The SMILES string of the molecule is CC(O)c1ccc(N(C)C(N)=O)cc1. The lowest BCUT2D eigenvalue weighted by atomic mass is 10.1. The third kappa shape index (κ3) is 2.23. The molecule has 2 amide bonds. The van der Waals surface area contributed by atoms with Gasteiger partial charge < -0.3 is 10.8 Å². The van der Waals surface area contributed by atoms with E-state index in [2.05, 4.69) is 0 Å². The van der Waals surface area contributed by atoms with Crippen LogP contribution < -0.4 is 10.6 Å². The number of aliphatic hydroxyl groups is 1. The number of anilines is 1.